The fraction of sp³-hybridized carbons (Fsp3) is 0.500. The Labute approximate surface area is 100 Å². The van der Waals surface area contributed by atoms with Crippen molar-refractivity contribution in [3.63, 3.8) is 0 Å². The van der Waals surface area contributed by atoms with E-state index in [1.54, 1.807) is 18.2 Å². The molecule has 1 saturated heterocycles. The second kappa shape index (κ2) is 5.53. The maximum atomic E-state index is 9.60. The molecule has 0 spiro atoms. The second-order valence-electron chi connectivity index (χ2n) is 4.04. The Morgan fingerprint density at radius 2 is 2.38 bits per heavy atom. The predicted molar refractivity (Wildman–Crippen MR) is 63.8 cm³/mol. The van der Waals surface area contributed by atoms with Crippen molar-refractivity contribution >= 4 is 11.6 Å². The van der Waals surface area contributed by atoms with Crippen molar-refractivity contribution in [3.05, 3.63) is 28.8 Å². The summed E-state index contributed by atoms with van der Waals surface area (Å²) in [5, 5.41) is 13.5. The minimum Gasteiger partial charge on any atom is -0.508 e. The van der Waals surface area contributed by atoms with Crippen molar-refractivity contribution in [1.29, 1.82) is 0 Å². The summed E-state index contributed by atoms with van der Waals surface area (Å²) in [6.07, 6.45) is 2.59. The molecule has 1 aromatic carbocycles. The molecule has 1 aromatic rings. The largest absolute Gasteiger partial charge is 0.508 e. The number of hydrogen-bond acceptors (Lipinski definition) is 3. The van der Waals surface area contributed by atoms with Gasteiger partial charge in [-0.05, 0) is 31.0 Å². The van der Waals surface area contributed by atoms with Gasteiger partial charge in [0.25, 0.3) is 0 Å². The standard InChI is InChI=1S/C12H16ClNO2/c13-10-3-4-12(15)9(6-10)7-14-8-11-2-1-5-16-11/h3-4,6,11,14-15H,1-2,5,7-8H2/t11-/m1/s1. The molecule has 0 aliphatic carbocycles. The van der Waals surface area contributed by atoms with Gasteiger partial charge in [-0.3, -0.25) is 0 Å². The van der Waals surface area contributed by atoms with Gasteiger partial charge in [-0.25, -0.2) is 0 Å². The van der Waals surface area contributed by atoms with Crippen LogP contribution in [0.3, 0.4) is 0 Å². The molecule has 0 amide bonds. The van der Waals surface area contributed by atoms with E-state index in [1.807, 2.05) is 0 Å². The number of phenolic OH excluding ortho intramolecular Hbond substituents is 1. The average molecular weight is 242 g/mol. The van der Waals surface area contributed by atoms with E-state index in [-0.39, 0.29) is 5.75 Å². The molecule has 1 heterocycles. The lowest BCUT2D eigenvalue weighted by molar-refractivity contribution is 0.110. The van der Waals surface area contributed by atoms with Crippen LogP contribution in [0.4, 0.5) is 0 Å². The molecule has 2 N–H and O–H groups in total. The predicted octanol–water partition coefficient (Wildman–Crippen LogP) is 2.31. The van der Waals surface area contributed by atoms with E-state index < -0.39 is 0 Å². The number of aromatic hydroxyl groups is 1. The van der Waals surface area contributed by atoms with Gasteiger partial charge in [-0.2, -0.15) is 0 Å². The van der Waals surface area contributed by atoms with Crippen LogP contribution in [0, 0.1) is 0 Å². The molecule has 2 rings (SSSR count). The first-order valence-corrected chi connectivity index (χ1v) is 5.93. The number of halogens is 1. The quantitative estimate of drug-likeness (QED) is 0.850. The summed E-state index contributed by atoms with van der Waals surface area (Å²) in [6.45, 7) is 2.31. The third kappa shape index (κ3) is 3.11. The van der Waals surface area contributed by atoms with Crippen LogP contribution in [0.2, 0.25) is 5.02 Å². The fourth-order valence-corrected chi connectivity index (χ4v) is 2.06. The molecule has 1 atom stereocenters. The highest BCUT2D eigenvalue weighted by atomic mass is 35.5. The summed E-state index contributed by atoms with van der Waals surface area (Å²) in [4.78, 5) is 0. The van der Waals surface area contributed by atoms with Gasteiger partial charge in [0.15, 0.2) is 0 Å². The molecule has 0 unspecified atom stereocenters. The van der Waals surface area contributed by atoms with Crippen molar-refractivity contribution in [3.8, 4) is 5.75 Å². The monoisotopic (exact) mass is 241 g/mol. The van der Waals surface area contributed by atoms with Crippen molar-refractivity contribution < 1.29 is 9.84 Å². The maximum Gasteiger partial charge on any atom is 0.120 e. The summed E-state index contributed by atoms with van der Waals surface area (Å²) >= 11 is 5.86. The Kier molecular flexibility index (Phi) is 4.04. The lowest BCUT2D eigenvalue weighted by atomic mass is 10.2. The van der Waals surface area contributed by atoms with Gasteiger partial charge in [-0.1, -0.05) is 11.6 Å². The normalized spacial score (nSPS) is 20.2. The van der Waals surface area contributed by atoms with E-state index in [9.17, 15) is 5.11 Å². The average Bonchev–Trinajstić information content (AvgIpc) is 2.76. The van der Waals surface area contributed by atoms with Crippen molar-refractivity contribution in [1.82, 2.24) is 5.32 Å². The lowest BCUT2D eigenvalue weighted by Crippen LogP contribution is -2.25. The molecule has 4 heteroatoms. The third-order valence-electron chi connectivity index (χ3n) is 2.75. The molecule has 0 bridgehead atoms. The van der Waals surface area contributed by atoms with Crippen molar-refractivity contribution in [2.24, 2.45) is 0 Å². The highest BCUT2D eigenvalue weighted by Crippen LogP contribution is 2.21. The minimum absolute atomic E-state index is 0.282. The minimum atomic E-state index is 0.282. The maximum absolute atomic E-state index is 9.60. The highest BCUT2D eigenvalue weighted by molar-refractivity contribution is 6.30. The first-order valence-electron chi connectivity index (χ1n) is 5.55. The van der Waals surface area contributed by atoms with Crippen LogP contribution in [0.15, 0.2) is 18.2 Å². The molecular weight excluding hydrogens is 226 g/mol. The van der Waals surface area contributed by atoms with Gasteiger partial charge in [0, 0.05) is 30.3 Å². The van der Waals surface area contributed by atoms with Gasteiger partial charge in [-0.15, -0.1) is 0 Å². The number of ether oxygens (including phenoxy) is 1. The zero-order valence-corrected chi connectivity index (χ0v) is 9.83. The van der Waals surface area contributed by atoms with Crippen LogP contribution in [-0.4, -0.2) is 24.4 Å². The van der Waals surface area contributed by atoms with Crippen LogP contribution < -0.4 is 5.32 Å². The molecule has 16 heavy (non-hydrogen) atoms. The molecule has 88 valence electrons. The Balaban J connectivity index is 1.82. The fourth-order valence-electron chi connectivity index (χ4n) is 1.87. The molecule has 1 aliphatic rings. The van der Waals surface area contributed by atoms with Gasteiger partial charge in [0.05, 0.1) is 6.10 Å². The van der Waals surface area contributed by atoms with E-state index in [0.29, 0.717) is 17.7 Å². The van der Waals surface area contributed by atoms with Gasteiger partial charge in [0.1, 0.15) is 5.75 Å². The van der Waals surface area contributed by atoms with Crippen LogP contribution in [0.25, 0.3) is 0 Å². The van der Waals surface area contributed by atoms with E-state index >= 15 is 0 Å². The van der Waals surface area contributed by atoms with Gasteiger partial charge >= 0.3 is 0 Å². The van der Waals surface area contributed by atoms with Crippen molar-refractivity contribution in [2.75, 3.05) is 13.2 Å². The molecule has 3 nitrogen and oxygen atoms in total. The summed E-state index contributed by atoms with van der Waals surface area (Å²) < 4.78 is 5.49. The molecule has 0 aromatic heterocycles. The molecule has 1 fully saturated rings. The first-order chi connectivity index (χ1) is 7.75. The van der Waals surface area contributed by atoms with Crippen LogP contribution in [0.5, 0.6) is 5.75 Å². The Morgan fingerprint density at radius 1 is 1.50 bits per heavy atom. The Morgan fingerprint density at radius 3 is 3.12 bits per heavy atom. The van der Waals surface area contributed by atoms with Crippen LogP contribution >= 0.6 is 11.6 Å². The topological polar surface area (TPSA) is 41.5 Å². The van der Waals surface area contributed by atoms with Gasteiger partial charge < -0.3 is 15.2 Å². The smallest absolute Gasteiger partial charge is 0.120 e. The number of phenols is 1. The second-order valence-corrected chi connectivity index (χ2v) is 4.48. The zero-order valence-electron chi connectivity index (χ0n) is 9.08. The number of rotatable bonds is 4. The molecule has 0 radical (unpaired) electrons. The summed E-state index contributed by atoms with van der Waals surface area (Å²) in [7, 11) is 0. The Bertz CT molecular complexity index is 351. The van der Waals surface area contributed by atoms with E-state index in [2.05, 4.69) is 5.32 Å². The zero-order chi connectivity index (χ0) is 11.4. The summed E-state index contributed by atoms with van der Waals surface area (Å²) in [5.74, 6) is 0.282. The first kappa shape index (κ1) is 11.7. The summed E-state index contributed by atoms with van der Waals surface area (Å²) in [6, 6.07) is 5.07. The highest BCUT2D eigenvalue weighted by Gasteiger charge is 2.14. The lowest BCUT2D eigenvalue weighted by Gasteiger charge is -2.11. The third-order valence-corrected chi connectivity index (χ3v) is 2.99. The van der Waals surface area contributed by atoms with Crippen LogP contribution in [-0.2, 0) is 11.3 Å². The Hall–Kier alpha value is -0.770. The van der Waals surface area contributed by atoms with Gasteiger partial charge in [0.2, 0.25) is 0 Å². The van der Waals surface area contributed by atoms with E-state index in [4.69, 9.17) is 16.3 Å². The van der Waals surface area contributed by atoms with E-state index in [0.717, 1.165) is 31.6 Å². The van der Waals surface area contributed by atoms with Crippen LogP contribution in [0.1, 0.15) is 18.4 Å². The number of benzene rings is 1. The summed E-state index contributed by atoms with van der Waals surface area (Å²) in [5.41, 5.74) is 0.825. The van der Waals surface area contributed by atoms with Crippen molar-refractivity contribution in [2.45, 2.75) is 25.5 Å². The SMILES string of the molecule is Oc1ccc(Cl)cc1CNC[C@H]1CCCO1. The molecule has 0 saturated carbocycles. The number of hydrogen-bond donors (Lipinski definition) is 2. The number of nitrogens with one attached hydrogen (secondary N) is 1. The molecular formula is C12H16ClNO2. The van der Waals surface area contributed by atoms with E-state index in [1.165, 1.54) is 0 Å². The molecule has 1 aliphatic heterocycles.